The molecule has 120 valence electrons. The van der Waals surface area contributed by atoms with E-state index in [2.05, 4.69) is 18.4 Å². The second-order valence-electron chi connectivity index (χ2n) is 4.93. The number of rotatable bonds is 4. The normalized spacial score (nSPS) is 11.1. The number of ketones is 1. The number of thiazole rings is 1. The van der Waals surface area contributed by atoms with Crippen LogP contribution in [-0.2, 0) is 24.7 Å². The third-order valence-electron chi connectivity index (χ3n) is 3.38. The van der Waals surface area contributed by atoms with E-state index in [4.69, 9.17) is 4.99 Å². The molecule has 1 aromatic carbocycles. The van der Waals surface area contributed by atoms with Gasteiger partial charge in [0.2, 0.25) is 0 Å². The van der Waals surface area contributed by atoms with Crippen LogP contribution in [-0.4, -0.2) is 10.4 Å². The quantitative estimate of drug-likeness (QED) is 0.825. The van der Waals surface area contributed by atoms with Crippen LogP contribution >= 0.6 is 11.3 Å². The van der Waals surface area contributed by atoms with Crippen molar-refractivity contribution in [2.45, 2.75) is 47.5 Å². The third kappa shape index (κ3) is 4.41. The summed E-state index contributed by atoms with van der Waals surface area (Å²) in [4.78, 5) is 18.4. The van der Waals surface area contributed by atoms with Gasteiger partial charge in [-0.3, -0.25) is 4.79 Å². The van der Waals surface area contributed by atoms with E-state index < -0.39 is 0 Å². The Morgan fingerprint density at radius 3 is 2.45 bits per heavy atom. The highest BCUT2D eigenvalue weighted by molar-refractivity contribution is 7.09. The maximum absolute atomic E-state index is 11.3. The van der Waals surface area contributed by atoms with E-state index in [0.29, 0.717) is 6.42 Å². The van der Waals surface area contributed by atoms with Gasteiger partial charge >= 0.3 is 0 Å². The largest absolute Gasteiger partial charge is 0.324 e. The van der Waals surface area contributed by atoms with E-state index in [1.54, 1.807) is 18.3 Å². The molecule has 0 aliphatic rings. The van der Waals surface area contributed by atoms with Gasteiger partial charge in [-0.2, -0.15) is 0 Å². The van der Waals surface area contributed by atoms with Crippen molar-refractivity contribution >= 4 is 22.8 Å². The zero-order valence-corrected chi connectivity index (χ0v) is 15.3. The molecule has 0 spiro atoms. The minimum Gasteiger partial charge on any atom is -0.324 e. The van der Waals surface area contributed by atoms with E-state index in [1.165, 1.54) is 10.6 Å². The lowest BCUT2D eigenvalue weighted by Crippen LogP contribution is -2.11. The van der Waals surface area contributed by atoms with Crippen LogP contribution in [0.4, 0.5) is 5.69 Å². The van der Waals surface area contributed by atoms with Crippen LogP contribution in [0.5, 0.6) is 0 Å². The second kappa shape index (κ2) is 8.69. The molecule has 0 saturated heterocycles. The molecule has 0 amide bonds. The topological polar surface area (TPSA) is 34.4 Å². The highest BCUT2D eigenvalue weighted by Gasteiger charge is 2.07. The van der Waals surface area contributed by atoms with E-state index in [1.807, 2.05) is 45.2 Å². The first-order valence-corrected chi connectivity index (χ1v) is 8.62. The van der Waals surface area contributed by atoms with Crippen molar-refractivity contribution in [2.75, 3.05) is 0 Å². The van der Waals surface area contributed by atoms with Crippen LogP contribution in [0.3, 0.4) is 0 Å². The van der Waals surface area contributed by atoms with Crippen LogP contribution in [0.25, 0.3) is 0 Å². The molecule has 0 fully saturated rings. The molecule has 0 radical (unpaired) electrons. The molecule has 1 heterocycles. The van der Waals surface area contributed by atoms with Gasteiger partial charge in [-0.15, -0.1) is 11.3 Å². The van der Waals surface area contributed by atoms with Gasteiger partial charge in [-0.05, 0) is 31.9 Å². The van der Waals surface area contributed by atoms with Crippen LogP contribution < -0.4 is 4.80 Å². The van der Waals surface area contributed by atoms with Crippen molar-refractivity contribution < 1.29 is 4.79 Å². The lowest BCUT2D eigenvalue weighted by molar-refractivity contribution is -0.116. The number of hydrogen-bond donors (Lipinski definition) is 0. The standard InChI is InChI=1S/C16H20N2OS.C2H6/c1-5-15-12(3)18(4)16(20-15)17-14-9-7-6-8-13(14)10-11(2)19;1-2/h6-9H,5,10H2,1-4H3;1-2H3. The maximum Gasteiger partial charge on any atom is 0.190 e. The first kappa shape index (κ1) is 18.4. The molecule has 4 heteroatoms. The molecule has 0 aliphatic carbocycles. The van der Waals surface area contributed by atoms with Gasteiger partial charge in [0.25, 0.3) is 0 Å². The zero-order chi connectivity index (χ0) is 16.7. The zero-order valence-electron chi connectivity index (χ0n) is 14.4. The molecule has 22 heavy (non-hydrogen) atoms. The highest BCUT2D eigenvalue weighted by atomic mass is 32.1. The number of para-hydroxylation sites is 1. The van der Waals surface area contributed by atoms with Gasteiger partial charge < -0.3 is 4.57 Å². The van der Waals surface area contributed by atoms with Crippen LogP contribution in [0.15, 0.2) is 29.3 Å². The molecule has 0 unspecified atom stereocenters. The number of aromatic nitrogens is 1. The molecular weight excluding hydrogens is 292 g/mol. The molecule has 2 rings (SSSR count). The first-order chi connectivity index (χ1) is 10.5. The monoisotopic (exact) mass is 318 g/mol. The molecule has 0 atom stereocenters. The number of hydrogen-bond acceptors (Lipinski definition) is 3. The Bertz CT molecular complexity index is 695. The predicted molar refractivity (Wildman–Crippen MR) is 94.8 cm³/mol. The minimum absolute atomic E-state index is 0.161. The van der Waals surface area contributed by atoms with E-state index in [-0.39, 0.29) is 5.78 Å². The predicted octanol–water partition coefficient (Wildman–Crippen LogP) is 4.35. The summed E-state index contributed by atoms with van der Waals surface area (Å²) in [5.41, 5.74) is 3.15. The first-order valence-electron chi connectivity index (χ1n) is 7.80. The van der Waals surface area contributed by atoms with Gasteiger partial charge in [0.1, 0.15) is 5.78 Å². The smallest absolute Gasteiger partial charge is 0.190 e. The van der Waals surface area contributed by atoms with Crippen molar-refractivity contribution in [1.82, 2.24) is 4.57 Å². The van der Waals surface area contributed by atoms with Crippen LogP contribution in [0, 0.1) is 6.92 Å². The summed E-state index contributed by atoms with van der Waals surface area (Å²) in [5.74, 6) is 0.161. The minimum atomic E-state index is 0.161. The number of aryl methyl sites for hydroxylation is 1. The molecule has 0 saturated carbocycles. The van der Waals surface area contributed by atoms with Crippen molar-refractivity contribution in [3.8, 4) is 0 Å². The maximum atomic E-state index is 11.3. The fourth-order valence-electron chi connectivity index (χ4n) is 2.15. The lowest BCUT2D eigenvalue weighted by Gasteiger charge is -2.02. The summed E-state index contributed by atoms with van der Waals surface area (Å²) in [7, 11) is 2.04. The molecular formula is C18H26N2OS. The van der Waals surface area contributed by atoms with Gasteiger partial charge in [0.05, 0.1) is 5.69 Å². The Labute approximate surface area is 137 Å². The molecule has 0 aliphatic heterocycles. The van der Waals surface area contributed by atoms with Crippen molar-refractivity contribution in [2.24, 2.45) is 12.0 Å². The number of Topliss-reactive ketones (excluding diaryl/α,β-unsaturated/α-hetero) is 1. The van der Waals surface area contributed by atoms with Gasteiger partial charge in [-0.25, -0.2) is 4.99 Å². The third-order valence-corrected chi connectivity index (χ3v) is 4.75. The Morgan fingerprint density at radius 2 is 1.91 bits per heavy atom. The van der Waals surface area contributed by atoms with E-state index in [9.17, 15) is 4.79 Å². The number of benzene rings is 1. The van der Waals surface area contributed by atoms with E-state index >= 15 is 0 Å². The molecule has 0 bridgehead atoms. The van der Waals surface area contributed by atoms with Crippen molar-refractivity contribution in [3.63, 3.8) is 0 Å². The average Bonchev–Trinajstić information content (AvgIpc) is 2.78. The number of carbonyl (C=O) groups excluding carboxylic acids is 1. The summed E-state index contributed by atoms with van der Waals surface area (Å²) < 4.78 is 2.12. The summed E-state index contributed by atoms with van der Waals surface area (Å²) in [6, 6.07) is 7.86. The summed E-state index contributed by atoms with van der Waals surface area (Å²) in [5, 5.41) is 0. The van der Waals surface area contributed by atoms with E-state index in [0.717, 1.165) is 22.5 Å². The number of nitrogens with zero attached hydrogens (tertiary/aromatic N) is 2. The van der Waals surface area contributed by atoms with Gasteiger partial charge in [-0.1, -0.05) is 39.0 Å². The fraction of sp³-hybridized carbons (Fsp3) is 0.444. The Kier molecular flexibility index (Phi) is 7.25. The Hall–Kier alpha value is -1.68. The highest BCUT2D eigenvalue weighted by Crippen LogP contribution is 2.20. The molecule has 1 aromatic heterocycles. The van der Waals surface area contributed by atoms with Gasteiger partial charge in [0, 0.05) is 24.0 Å². The summed E-state index contributed by atoms with van der Waals surface area (Å²) >= 11 is 1.72. The van der Waals surface area contributed by atoms with Gasteiger partial charge in [0.15, 0.2) is 4.80 Å². The Morgan fingerprint density at radius 1 is 1.27 bits per heavy atom. The molecule has 2 aromatic rings. The Balaban J connectivity index is 0.00000116. The fourth-order valence-corrected chi connectivity index (χ4v) is 3.22. The summed E-state index contributed by atoms with van der Waals surface area (Å²) in [6.07, 6.45) is 1.46. The van der Waals surface area contributed by atoms with Crippen molar-refractivity contribution in [1.29, 1.82) is 0 Å². The average molecular weight is 318 g/mol. The SMILES string of the molecule is CC.CCc1sc(=Nc2ccccc2CC(C)=O)n(C)c1C. The van der Waals surface area contributed by atoms with Crippen LogP contribution in [0.2, 0.25) is 0 Å². The summed E-state index contributed by atoms with van der Waals surface area (Å²) in [6.45, 7) is 9.89. The van der Waals surface area contributed by atoms with Crippen LogP contribution in [0.1, 0.15) is 43.8 Å². The molecule has 3 nitrogen and oxygen atoms in total. The van der Waals surface area contributed by atoms with Crippen molar-refractivity contribution in [3.05, 3.63) is 45.2 Å². The number of carbonyl (C=O) groups is 1. The molecule has 0 N–H and O–H groups in total. The lowest BCUT2D eigenvalue weighted by atomic mass is 10.1. The second-order valence-corrected chi connectivity index (χ2v) is 5.99.